The van der Waals surface area contributed by atoms with Gasteiger partial charge in [-0.15, -0.1) is 0 Å². The Kier molecular flexibility index (Phi) is 39.7. The van der Waals surface area contributed by atoms with Crippen molar-refractivity contribution < 1.29 is 85.7 Å². The highest BCUT2D eigenvalue weighted by Crippen LogP contribution is 2.29. The first-order valence-corrected chi connectivity index (χ1v) is 32.7. The number of guanidine groups is 2. The average molecular weight is 1450 g/mol. The molecule has 0 unspecified atom stereocenters. The molecule has 0 saturated carbocycles. The lowest BCUT2D eigenvalue weighted by Crippen LogP contribution is -2.60. The van der Waals surface area contributed by atoms with Gasteiger partial charge in [0.2, 0.25) is 76.8 Å². The van der Waals surface area contributed by atoms with E-state index in [1.807, 2.05) is 0 Å². The minimum atomic E-state index is -4.73. The molecule has 37 nitrogen and oxygen atoms in total. The molecule has 0 aliphatic heterocycles. The van der Waals surface area contributed by atoms with E-state index in [-0.39, 0.29) is 88.5 Å². The predicted octanol–water partition coefficient (Wildman–Crippen LogP) is -8.21. The van der Waals surface area contributed by atoms with Gasteiger partial charge in [0.1, 0.15) is 54.4 Å². The van der Waals surface area contributed by atoms with Gasteiger partial charge in [-0.05, 0) is 128 Å². The van der Waals surface area contributed by atoms with E-state index >= 15 is 0 Å². The number of aliphatic hydroxyl groups excluding tert-OH is 2. The SMILES string of the molecule is C[C@H](NC(=O)CNC(=O)[C@@H](NC(=O)[C@H](Cc1ccc(C(F)(F)F)cc1)NC(=O)CNC(=O)CNC(=O)[C@@H](N)Cc1ccccc1)[C@@H](C)O)C(=O)N[C@@H](CCCN=C(N)N)C(=O)N[C@@H](CCCCN)C(=O)N[C@@H](CO)C(=O)N[C@@H](C)C(=O)N[C@@H](CCCN=C(N)N)C(=O)N[C@@H](CCCCN)C(N)=O. The Morgan fingerprint density at radius 3 is 1.33 bits per heavy atom. The summed E-state index contributed by atoms with van der Waals surface area (Å²) < 4.78 is 40.3. The summed E-state index contributed by atoms with van der Waals surface area (Å²) in [5.74, 6) is -13.1. The number of carbonyl (C=O) groups excluding carboxylic acids is 13. The number of nitrogens with zero attached hydrogens (tertiary/aromatic N) is 2. The van der Waals surface area contributed by atoms with Crippen LogP contribution >= 0.6 is 0 Å². The highest BCUT2D eigenvalue weighted by molar-refractivity contribution is 5.99. The van der Waals surface area contributed by atoms with E-state index in [1.165, 1.54) is 13.8 Å². The number of nitrogens with one attached hydrogen (secondary N) is 12. The highest BCUT2D eigenvalue weighted by atomic mass is 19.4. The fraction of sp³-hybridized carbons (Fsp3) is 0.565. The van der Waals surface area contributed by atoms with E-state index in [0.29, 0.717) is 25.8 Å². The Morgan fingerprint density at radius 1 is 0.441 bits per heavy atom. The van der Waals surface area contributed by atoms with Crippen molar-refractivity contribution in [1.29, 1.82) is 0 Å². The van der Waals surface area contributed by atoms with Crippen LogP contribution in [0.5, 0.6) is 0 Å². The largest absolute Gasteiger partial charge is 0.416 e. The molecule has 0 aromatic heterocycles. The lowest BCUT2D eigenvalue weighted by atomic mass is 10.0. The number of aliphatic hydroxyl groups is 2. The van der Waals surface area contributed by atoms with Gasteiger partial charge >= 0.3 is 6.18 Å². The second-order valence-corrected chi connectivity index (χ2v) is 23.6. The van der Waals surface area contributed by atoms with Crippen LogP contribution in [0.25, 0.3) is 0 Å². The zero-order valence-corrected chi connectivity index (χ0v) is 57.0. The predicted molar refractivity (Wildman–Crippen MR) is 365 cm³/mol. The van der Waals surface area contributed by atoms with Crippen molar-refractivity contribution in [2.45, 2.75) is 171 Å². The summed E-state index contributed by atoms with van der Waals surface area (Å²) in [6, 6.07) is -2.44. The topological polar surface area (TPSA) is 640 Å². The van der Waals surface area contributed by atoms with Crippen LogP contribution < -0.4 is 110 Å². The van der Waals surface area contributed by atoms with E-state index < -0.39 is 188 Å². The summed E-state index contributed by atoms with van der Waals surface area (Å²) in [4.78, 5) is 181. The number of unbranched alkanes of at least 4 members (excludes halogenated alkanes) is 2. The molecule has 0 bridgehead atoms. The molecule has 40 heteroatoms. The van der Waals surface area contributed by atoms with Crippen molar-refractivity contribution >= 4 is 88.7 Å². The van der Waals surface area contributed by atoms with E-state index in [2.05, 4.69) is 73.8 Å². The maximum Gasteiger partial charge on any atom is 0.416 e. The number of primary amides is 1. The smallest absolute Gasteiger partial charge is 0.394 e. The summed E-state index contributed by atoms with van der Waals surface area (Å²) in [6.07, 6.45) is -5.31. The molecule has 0 saturated heterocycles. The minimum absolute atomic E-state index is 0.0359. The van der Waals surface area contributed by atoms with Crippen molar-refractivity contribution in [3.8, 4) is 0 Å². The second kappa shape index (κ2) is 46.2. The van der Waals surface area contributed by atoms with Crippen molar-refractivity contribution in [2.24, 2.45) is 55.9 Å². The van der Waals surface area contributed by atoms with Crippen LogP contribution in [0.4, 0.5) is 13.2 Å². The van der Waals surface area contributed by atoms with Crippen LogP contribution in [-0.4, -0.2) is 218 Å². The number of halogens is 3. The highest BCUT2D eigenvalue weighted by Gasteiger charge is 2.35. The summed E-state index contributed by atoms with van der Waals surface area (Å²) in [7, 11) is 0. The summed E-state index contributed by atoms with van der Waals surface area (Å²) in [5, 5.41) is 49.3. The van der Waals surface area contributed by atoms with Crippen molar-refractivity contribution in [3.63, 3.8) is 0 Å². The Hall–Kier alpha value is -10.3. The van der Waals surface area contributed by atoms with Crippen molar-refractivity contribution in [3.05, 3.63) is 71.3 Å². The zero-order chi connectivity index (χ0) is 76.6. The van der Waals surface area contributed by atoms with Gasteiger partial charge in [-0.3, -0.25) is 72.3 Å². The number of aliphatic imine (C=N–C) groups is 2. The van der Waals surface area contributed by atoms with E-state index in [1.54, 1.807) is 30.3 Å². The van der Waals surface area contributed by atoms with Gasteiger partial charge in [-0.25, -0.2) is 0 Å². The first kappa shape index (κ1) is 87.8. The van der Waals surface area contributed by atoms with Crippen molar-refractivity contribution in [1.82, 2.24) is 63.8 Å². The molecule has 11 atom stereocenters. The molecule has 568 valence electrons. The van der Waals surface area contributed by atoms with E-state index in [0.717, 1.165) is 36.8 Å². The van der Waals surface area contributed by atoms with Crippen LogP contribution in [0, 0.1) is 0 Å². The van der Waals surface area contributed by atoms with Crippen LogP contribution in [0.1, 0.15) is 102 Å². The van der Waals surface area contributed by atoms with E-state index in [9.17, 15) is 85.7 Å². The monoisotopic (exact) mass is 1450 g/mol. The molecule has 2 aromatic carbocycles. The molecular formula is C62H99F3N22O15. The van der Waals surface area contributed by atoms with Gasteiger partial charge in [-0.2, -0.15) is 13.2 Å². The van der Waals surface area contributed by atoms with Gasteiger partial charge in [-0.1, -0.05) is 42.5 Å². The zero-order valence-electron chi connectivity index (χ0n) is 57.0. The van der Waals surface area contributed by atoms with Crippen LogP contribution in [-0.2, 0) is 81.3 Å². The van der Waals surface area contributed by atoms with Gasteiger partial charge < -0.3 is 120 Å². The van der Waals surface area contributed by atoms with Crippen LogP contribution in [0.15, 0.2) is 64.6 Å². The lowest BCUT2D eigenvalue weighted by molar-refractivity contribution is -0.137. The number of carbonyl (C=O) groups is 13. The number of hydrogen-bond donors (Lipinski definition) is 22. The molecular weight excluding hydrogens is 1350 g/mol. The molecule has 0 aliphatic rings. The van der Waals surface area contributed by atoms with Gasteiger partial charge in [0.05, 0.1) is 44.0 Å². The number of alkyl halides is 3. The lowest BCUT2D eigenvalue weighted by Gasteiger charge is -2.26. The normalized spacial score (nSPS) is 14.3. The fourth-order valence-electron chi connectivity index (χ4n) is 9.38. The fourth-order valence-corrected chi connectivity index (χ4v) is 9.38. The maximum absolute atomic E-state index is 14.1. The summed E-state index contributed by atoms with van der Waals surface area (Å²) in [6.45, 7) is 0.593. The molecule has 0 radical (unpaired) electrons. The summed E-state index contributed by atoms with van der Waals surface area (Å²) >= 11 is 0. The first-order valence-electron chi connectivity index (χ1n) is 32.7. The van der Waals surface area contributed by atoms with Crippen LogP contribution in [0.3, 0.4) is 0 Å². The Balaban J connectivity index is 2.23. The molecule has 13 amide bonds. The summed E-state index contributed by atoms with van der Waals surface area (Å²) in [5.41, 5.74) is 44.3. The van der Waals surface area contributed by atoms with Crippen molar-refractivity contribution in [2.75, 3.05) is 52.4 Å². The molecule has 2 rings (SSSR count). The third-order valence-corrected chi connectivity index (χ3v) is 15.0. The van der Waals surface area contributed by atoms with Gasteiger partial charge in [0.25, 0.3) is 0 Å². The third kappa shape index (κ3) is 34.6. The maximum atomic E-state index is 14.1. The number of benzene rings is 2. The van der Waals surface area contributed by atoms with E-state index in [4.69, 9.17) is 45.9 Å². The molecule has 30 N–H and O–H groups in total. The number of amides is 13. The molecule has 0 spiro atoms. The van der Waals surface area contributed by atoms with Crippen LogP contribution in [0.2, 0.25) is 0 Å². The van der Waals surface area contributed by atoms with Gasteiger partial charge in [0.15, 0.2) is 11.9 Å². The molecule has 2 aromatic rings. The quantitative estimate of drug-likeness (QED) is 0.0166. The standard InChI is InChI=1S/C62H99F3N22O15/c1-33(79-47(91)31-78-59(102)49(35(3)89)87-57(100)44(28-37-19-21-38(22-20-37)62(63,64)65)81-48(92)30-76-46(90)29-77-53(96)39(68)27-36-13-5-4-6-14-36)51(94)83-43(18-12-26-75-61(72)73)55(98)85-41(16-8-10-24-67)56(99)86-45(32-88)58(101)80-34(2)52(95)84-42(17-11-25-74-60(70)71)54(97)82-40(50(69)93)15-7-9-23-66/h4-6,13-14,19-22,33-35,39-45,49,88-89H,7-12,15-18,23-32,66-68H2,1-3H3,(H2,69,93)(H,76,90)(H,77,96)(H,78,102)(H,79,91)(H,80,101)(H,81,92)(H,82,97)(H,83,94)(H,84,95)(H,85,98)(H,86,99)(H,87,100)(H4,70,71,74)(H4,72,73,75)/t33-,34-,35+,39-,40-,41-,42-,43-,44-,45-,49-/m0/s1. The number of hydrogen-bond acceptors (Lipinski definition) is 20. The number of rotatable bonds is 47. The molecule has 0 fully saturated rings. The van der Waals surface area contributed by atoms with Gasteiger partial charge in [0, 0.05) is 19.5 Å². The minimum Gasteiger partial charge on any atom is -0.394 e. The Morgan fingerprint density at radius 2 is 0.853 bits per heavy atom. The molecule has 102 heavy (non-hydrogen) atoms. The first-order chi connectivity index (χ1) is 48.1. The second-order valence-electron chi connectivity index (χ2n) is 23.6. The molecule has 0 heterocycles. The Bertz CT molecular complexity index is 3160. The Labute approximate surface area is 586 Å². The average Bonchev–Trinajstić information content (AvgIpc) is 0.850. The molecule has 0 aliphatic carbocycles. The third-order valence-electron chi connectivity index (χ3n) is 15.0. The number of nitrogens with two attached hydrogens (primary N) is 8.